The number of nitrogens with one attached hydrogen (secondary N) is 2. The first-order valence-electron chi connectivity index (χ1n) is 11.1. The lowest BCUT2D eigenvalue weighted by Crippen LogP contribution is -2.40. The fraction of sp³-hybridized carbons (Fsp3) is 0.696. The van der Waals surface area contributed by atoms with Crippen LogP contribution in [0.25, 0.3) is 0 Å². The second-order valence-electron chi connectivity index (χ2n) is 8.24. The SMILES string of the molecule is CCNC(=NCc1ccccc1CN1CCOCC1)NCC(CCO)CC(C)C. The number of nitrogens with zero attached hydrogens (tertiary/aromatic N) is 2. The summed E-state index contributed by atoms with van der Waals surface area (Å²) >= 11 is 0. The van der Waals surface area contributed by atoms with Crippen LogP contribution < -0.4 is 10.6 Å². The van der Waals surface area contributed by atoms with Crippen molar-refractivity contribution >= 4 is 5.96 Å². The normalized spacial score (nSPS) is 16.8. The van der Waals surface area contributed by atoms with Gasteiger partial charge in [0.05, 0.1) is 19.8 Å². The summed E-state index contributed by atoms with van der Waals surface area (Å²) in [6, 6.07) is 8.59. The lowest BCUT2D eigenvalue weighted by Gasteiger charge is -2.27. The third-order valence-electron chi connectivity index (χ3n) is 5.27. The van der Waals surface area contributed by atoms with E-state index >= 15 is 0 Å². The van der Waals surface area contributed by atoms with Gasteiger partial charge in [0, 0.05) is 39.3 Å². The number of hydrogen-bond donors (Lipinski definition) is 3. The van der Waals surface area contributed by atoms with Crippen LogP contribution in [0.15, 0.2) is 29.3 Å². The van der Waals surface area contributed by atoms with E-state index in [2.05, 4.69) is 60.6 Å². The highest BCUT2D eigenvalue weighted by molar-refractivity contribution is 5.79. The zero-order valence-corrected chi connectivity index (χ0v) is 18.5. The molecule has 2 rings (SSSR count). The largest absolute Gasteiger partial charge is 0.396 e. The predicted molar refractivity (Wildman–Crippen MR) is 120 cm³/mol. The molecule has 1 saturated heterocycles. The predicted octanol–water partition coefficient (Wildman–Crippen LogP) is 2.62. The number of hydrogen-bond acceptors (Lipinski definition) is 4. The molecule has 1 heterocycles. The van der Waals surface area contributed by atoms with Crippen LogP contribution in [0.1, 0.15) is 44.7 Å². The number of aliphatic imine (C=N–C) groups is 1. The molecule has 1 unspecified atom stereocenters. The van der Waals surface area contributed by atoms with Gasteiger partial charge in [0.25, 0.3) is 0 Å². The lowest BCUT2D eigenvalue weighted by molar-refractivity contribution is 0.0341. The Morgan fingerprint density at radius 1 is 1.17 bits per heavy atom. The Balaban J connectivity index is 1.98. The van der Waals surface area contributed by atoms with Crippen molar-refractivity contribution in [2.45, 2.75) is 46.7 Å². The minimum atomic E-state index is 0.238. The third-order valence-corrected chi connectivity index (χ3v) is 5.27. The van der Waals surface area contributed by atoms with Crippen molar-refractivity contribution in [3.63, 3.8) is 0 Å². The molecule has 1 atom stereocenters. The molecule has 1 aromatic carbocycles. The summed E-state index contributed by atoms with van der Waals surface area (Å²) in [5.41, 5.74) is 2.61. The molecule has 29 heavy (non-hydrogen) atoms. The third kappa shape index (κ3) is 9.15. The number of rotatable bonds is 11. The molecule has 0 bridgehead atoms. The summed E-state index contributed by atoms with van der Waals surface area (Å²) in [5.74, 6) is 1.93. The zero-order valence-electron chi connectivity index (χ0n) is 18.5. The van der Waals surface area contributed by atoms with Crippen LogP contribution in [-0.4, -0.2) is 62.0 Å². The first-order chi connectivity index (χ1) is 14.1. The van der Waals surface area contributed by atoms with Gasteiger partial charge in [-0.25, -0.2) is 4.99 Å². The van der Waals surface area contributed by atoms with E-state index in [1.165, 1.54) is 11.1 Å². The maximum atomic E-state index is 9.35. The second kappa shape index (κ2) is 13.6. The molecule has 3 N–H and O–H groups in total. The molecule has 0 aliphatic carbocycles. The van der Waals surface area contributed by atoms with Crippen molar-refractivity contribution in [3.05, 3.63) is 35.4 Å². The van der Waals surface area contributed by atoms with Crippen LogP contribution in [0.3, 0.4) is 0 Å². The van der Waals surface area contributed by atoms with Gasteiger partial charge in [0.2, 0.25) is 0 Å². The second-order valence-corrected chi connectivity index (χ2v) is 8.24. The number of guanidine groups is 1. The average Bonchev–Trinajstić information content (AvgIpc) is 2.71. The molecule has 6 heteroatoms. The van der Waals surface area contributed by atoms with Crippen LogP contribution in [-0.2, 0) is 17.8 Å². The molecular formula is C23H40N4O2. The van der Waals surface area contributed by atoms with Crippen molar-refractivity contribution in [3.8, 4) is 0 Å². The summed E-state index contributed by atoms with van der Waals surface area (Å²) in [4.78, 5) is 7.28. The molecule has 0 amide bonds. The molecule has 0 radical (unpaired) electrons. The molecule has 1 fully saturated rings. The van der Waals surface area contributed by atoms with E-state index in [-0.39, 0.29) is 6.61 Å². The van der Waals surface area contributed by atoms with Crippen LogP contribution >= 0.6 is 0 Å². The summed E-state index contributed by atoms with van der Waals surface area (Å²) in [5, 5.41) is 16.2. The van der Waals surface area contributed by atoms with Gasteiger partial charge in [-0.3, -0.25) is 4.90 Å². The van der Waals surface area contributed by atoms with E-state index in [9.17, 15) is 5.11 Å². The number of benzene rings is 1. The summed E-state index contributed by atoms with van der Waals surface area (Å²) < 4.78 is 5.47. The maximum absolute atomic E-state index is 9.35. The smallest absolute Gasteiger partial charge is 0.191 e. The number of aliphatic hydroxyl groups excluding tert-OH is 1. The lowest BCUT2D eigenvalue weighted by atomic mass is 9.94. The van der Waals surface area contributed by atoms with E-state index in [0.717, 1.165) is 64.7 Å². The minimum Gasteiger partial charge on any atom is -0.396 e. The molecule has 0 aromatic heterocycles. The Labute approximate surface area is 176 Å². The summed E-state index contributed by atoms with van der Waals surface area (Å²) in [6.07, 6.45) is 1.93. The summed E-state index contributed by atoms with van der Waals surface area (Å²) in [6.45, 7) is 13.7. The molecule has 0 spiro atoms. The van der Waals surface area contributed by atoms with Crippen LogP contribution in [0.2, 0.25) is 0 Å². The van der Waals surface area contributed by atoms with Crippen LogP contribution in [0, 0.1) is 11.8 Å². The molecule has 164 valence electrons. The van der Waals surface area contributed by atoms with Crippen molar-refractivity contribution in [1.29, 1.82) is 0 Å². The number of ether oxygens (including phenoxy) is 1. The van der Waals surface area contributed by atoms with Gasteiger partial charge in [-0.1, -0.05) is 38.1 Å². The average molecular weight is 405 g/mol. The Morgan fingerprint density at radius 3 is 2.55 bits per heavy atom. The highest BCUT2D eigenvalue weighted by Gasteiger charge is 2.13. The monoisotopic (exact) mass is 404 g/mol. The van der Waals surface area contributed by atoms with Crippen LogP contribution in [0.4, 0.5) is 0 Å². The molecule has 1 aliphatic heterocycles. The number of morpholine rings is 1. The van der Waals surface area contributed by atoms with Crippen molar-refractivity contribution < 1.29 is 9.84 Å². The molecule has 1 aliphatic rings. The van der Waals surface area contributed by atoms with E-state index < -0.39 is 0 Å². The van der Waals surface area contributed by atoms with E-state index in [1.807, 2.05) is 0 Å². The van der Waals surface area contributed by atoms with E-state index in [4.69, 9.17) is 9.73 Å². The Hall–Kier alpha value is -1.63. The van der Waals surface area contributed by atoms with Gasteiger partial charge < -0.3 is 20.5 Å². The van der Waals surface area contributed by atoms with Gasteiger partial charge in [-0.2, -0.15) is 0 Å². The quantitative estimate of drug-likeness (QED) is 0.391. The first-order valence-corrected chi connectivity index (χ1v) is 11.1. The molecular weight excluding hydrogens is 364 g/mol. The Kier molecular flexibility index (Phi) is 11.1. The molecule has 1 aromatic rings. The van der Waals surface area contributed by atoms with Crippen molar-refractivity contribution in [2.75, 3.05) is 46.0 Å². The number of aliphatic hydroxyl groups is 1. The summed E-state index contributed by atoms with van der Waals surface area (Å²) in [7, 11) is 0. The zero-order chi connectivity index (χ0) is 20.9. The van der Waals surface area contributed by atoms with Gasteiger partial charge in [0.15, 0.2) is 5.96 Å². The van der Waals surface area contributed by atoms with Gasteiger partial charge in [0.1, 0.15) is 0 Å². The fourth-order valence-electron chi connectivity index (χ4n) is 3.77. The highest BCUT2D eigenvalue weighted by atomic mass is 16.5. The highest BCUT2D eigenvalue weighted by Crippen LogP contribution is 2.15. The molecule has 0 saturated carbocycles. The standard InChI is InChI=1S/C23H40N4O2/c1-4-24-23(25-16-20(9-12-28)15-19(2)3)26-17-21-7-5-6-8-22(21)18-27-10-13-29-14-11-27/h5-8,19-20,28H,4,9-18H2,1-3H3,(H2,24,25,26). The first kappa shape index (κ1) is 23.6. The Morgan fingerprint density at radius 2 is 1.90 bits per heavy atom. The van der Waals surface area contributed by atoms with Crippen LogP contribution in [0.5, 0.6) is 0 Å². The van der Waals surface area contributed by atoms with Gasteiger partial charge in [-0.05, 0) is 42.7 Å². The minimum absolute atomic E-state index is 0.238. The molecule has 6 nitrogen and oxygen atoms in total. The topological polar surface area (TPSA) is 69.1 Å². The fourth-order valence-corrected chi connectivity index (χ4v) is 3.77. The van der Waals surface area contributed by atoms with Gasteiger partial charge >= 0.3 is 0 Å². The van der Waals surface area contributed by atoms with Crippen molar-refractivity contribution in [1.82, 2.24) is 15.5 Å². The van der Waals surface area contributed by atoms with Crippen molar-refractivity contribution in [2.24, 2.45) is 16.8 Å². The van der Waals surface area contributed by atoms with Gasteiger partial charge in [-0.15, -0.1) is 0 Å². The Bertz CT molecular complexity index is 600. The maximum Gasteiger partial charge on any atom is 0.191 e. The van der Waals surface area contributed by atoms with E-state index in [1.54, 1.807) is 0 Å². The van der Waals surface area contributed by atoms with E-state index in [0.29, 0.717) is 18.4 Å².